The minimum Gasteiger partial charge on any atom is -0.463 e. The van der Waals surface area contributed by atoms with Crippen molar-refractivity contribution in [3.05, 3.63) is 23.7 Å². The molecule has 1 rings (SSSR count). The number of esters is 1. The molecule has 0 amide bonds. The fraction of sp³-hybridized carbons (Fsp3) is 0.545. The lowest BCUT2D eigenvalue weighted by molar-refractivity contribution is -0.885. The zero-order valence-electron chi connectivity index (χ0n) is 9.74. The Morgan fingerprint density at radius 2 is 2.13 bits per heavy atom. The number of quaternary nitrogens is 1. The molecule has 4 nitrogen and oxygen atoms in total. The number of carbonyl (C=O) groups excluding carboxylic acids is 1. The van der Waals surface area contributed by atoms with Gasteiger partial charge in [-0.15, -0.1) is 0 Å². The third-order valence-electron chi connectivity index (χ3n) is 1.89. The first-order valence-electron chi connectivity index (χ1n) is 4.87. The predicted molar refractivity (Wildman–Crippen MR) is 55.9 cm³/mol. The predicted octanol–water partition coefficient (Wildman–Crippen LogP) is 1.55. The molecule has 15 heavy (non-hydrogen) atoms. The van der Waals surface area contributed by atoms with Crippen LogP contribution in [-0.2, 0) is 22.7 Å². The standard InChI is InChI=1S/C11H18NO3/c1-9(13)15-8-10-5-6-14-11(10)7-12(2,3)4/h5-6H,7-8H2,1-4H3/q+1. The summed E-state index contributed by atoms with van der Waals surface area (Å²) in [5.74, 6) is 0.608. The largest absolute Gasteiger partial charge is 0.463 e. The van der Waals surface area contributed by atoms with Crippen molar-refractivity contribution in [3.63, 3.8) is 0 Å². The number of carbonyl (C=O) groups is 1. The van der Waals surface area contributed by atoms with Crippen LogP contribution in [0.4, 0.5) is 0 Å². The molecule has 0 bridgehead atoms. The molecule has 0 aliphatic carbocycles. The second kappa shape index (κ2) is 4.49. The summed E-state index contributed by atoms with van der Waals surface area (Å²) >= 11 is 0. The average molecular weight is 212 g/mol. The third kappa shape index (κ3) is 4.16. The van der Waals surface area contributed by atoms with Gasteiger partial charge in [-0.2, -0.15) is 0 Å². The highest BCUT2D eigenvalue weighted by Gasteiger charge is 2.16. The van der Waals surface area contributed by atoms with E-state index in [4.69, 9.17) is 9.15 Å². The molecule has 0 unspecified atom stereocenters. The third-order valence-corrected chi connectivity index (χ3v) is 1.89. The minimum atomic E-state index is -0.271. The van der Waals surface area contributed by atoms with Gasteiger partial charge in [0.1, 0.15) is 13.2 Å². The zero-order chi connectivity index (χ0) is 11.5. The van der Waals surface area contributed by atoms with Gasteiger partial charge in [0.25, 0.3) is 0 Å². The van der Waals surface area contributed by atoms with Crippen molar-refractivity contribution in [2.45, 2.75) is 20.1 Å². The van der Waals surface area contributed by atoms with Crippen LogP contribution in [0.3, 0.4) is 0 Å². The second-order valence-electron chi connectivity index (χ2n) is 4.60. The van der Waals surface area contributed by atoms with E-state index in [1.807, 2.05) is 6.07 Å². The average Bonchev–Trinajstić information content (AvgIpc) is 2.45. The van der Waals surface area contributed by atoms with Crippen LogP contribution in [0.15, 0.2) is 16.7 Å². The van der Waals surface area contributed by atoms with Gasteiger partial charge in [0.2, 0.25) is 0 Å². The molecule has 84 valence electrons. The van der Waals surface area contributed by atoms with E-state index in [2.05, 4.69) is 21.1 Å². The number of hydrogen-bond acceptors (Lipinski definition) is 3. The fourth-order valence-electron chi connectivity index (χ4n) is 1.24. The van der Waals surface area contributed by atoms with Gasteiger partial charge >= 0.3 is 5.97 Å². The van der Waals surface area contributed by atoms with Crippen LogP contribution in [0.5, 0.6) is 0 Å². The van der Waals surface area contributed by atoms with Crippen molar-refractivity contribution in [3.8, 4) is 0 Å². The van der Waals surface area contributed by atoms with E-state index < -0.39 is 0 Å². The first-order valence-corrected chi connectivity index (χ1v) is 4.87. The Kier molecular flexibility index (Phi) is 3.52. The highest BCUT2D eigenvalue weighted by molar-refractivity contribution is 5.65. The molecule has 4 heteroatoms. The van der Waals surface area contributed by atoms with E-state index in [-0.39, 0.29) is 5.97 Å². The summed E-state index contributed by atoms with van der Waals surface area (Å²) in [4.78, 5) is 10.7. The van der Waals surface area contributed by atoms with Gasteiger partial charge in [-0.05, 0) is 6.07 Å². The fourth-order valence-corrected chi connectivity index (χ4v) is 1.24. The lowest BCUT2D eigenvalue weighted by Crippen LogP contribution is -2.33. The van der Waals surface area contributed by atoms with Crippen LogP contribution < -0.4 is 0 Å². The van der Waals surface area contributed by atoms with Gasteiger partial charge in [0.05, 0.1) is 27.4 Å². The van der Waals surface area contributed by atoms with E-state index in [1.54, 1.807) is 6.26 Å². The van der Waals surface area contributed by atoms with Crippen molar-refractivity contribution in [2.75, 3.05) is 21.1 Å². The van der Waals surface area contributed by atoms with Crippen LogP contribution in [0.2, 0.25) is 0 Å². The molecular weight excluding hydrogens is 194 g/mol. The second-order valence-corrected chi connectivity index (χ2v) is 4.60. The number of rotatable bonds is 4. The minimum absolute atomic E-state index is 0.271. The smallest absolute Gasteiger partial charge is 0.302 e. The first kappa shape index (κ1) is 11.8. The summed E-state index contributed by atoms with van der Waals surface area (Å²) in [6, 6.07) is 1.84. The molecule has 0 aromatic carbocycles. The SMILES string of the molecule is CC(=O)OCc1ccoc1C[N+](C)(C)C. The summed E-state index contributed by atoms with van der Waals surface area (Å²) in [6.07, 6.45) is 1.63. The van der Waals surface area contributed by atoms with Crippen LogP contribution in [0.25, 0.3) is 0 Å². The van der Waals surface area contributed by atoms with E-state index in [0.29, 0.717) is 6.61 Å². The summed E-state index contributed by atoms with van der Waals surface area (Å²) in [5, 5.41) is 0. The highest BCUT2D eigenvalue weighted by Crippen LogP contribution is 2.15. The molecule has 0 saturated carbocycles. The maximum absolute atomic E-state index is 10.7. The number of furan rings is 1. The molecule has 1 aromatic heterocycles. The van der Waals surface area contributed by atoms with Crippen molar-refractivity contribution in [1.82, 2.24) is 0 Å². The Labute approximate surface area is 90.0 Å². The number of hydrogen-bond donors (Lipinski definition) is 0. The number of ether oxygens (including phenoxy) is 1. The van der Waals surface area contributed by atoms with Gasteiger partial charge in [0, 0.05) is 12.5 Å². The quantitative estimate of drug-likeness (QED) is 0.561. The van der Waals surface area contributed by atoms with Gasteiger partial charge < -0.3 is 13.6 Å². The molecule has 0 N–H and O–H groups in total. The van der Waals surface area contributed by atoms with Crippen LogP contribution in [0.1, 0.15) is 18.2 Å². The Morgan fingerprint density at radius 1 is 1.47 bits per heavy atom. The van der Waals surface area contributed by atoms with Gasteiger partial charge in [-0.25, -0.2) is 0 Å². The normalized spacial score (nSPS) is 11.5. The Bertz CT molecular complexity index is 336. The summed E-state index contributed by atoms with van der Waals surface area (Å²) in [7, 11) is 6.24. The van der Waals surface area contributed by atoms with Crippen LogP contribution in [-0.4, -0.2) is 31.6 Å². The molecule has 1 aromatic rings. The van der Waals surface area contributed by atoms with Gasteiger partial charge in [-0.1, -0.05) is 0 Å². The lowest BCUT2D eigenvalue weighted by Gasteiger charge is -2.22. The maximum Gasteiger partial charge on any atom is 0.302 e. The molecule has 0 spiro atoms. The van der Waals surface area contributed by atoms with Crippen LogP contribution >= 0.6 is 0 Å². The monoisotopic (exact) mass is 212 g/mol. The molecule has 0 aliphatic rings. The summed E-state index contributed by atoms with van der Waals surface area (Å²) < 4.78 is 11.1. The van der Waals surface area contributed by atoms with Crippen molar-refractivity contribution in [2.24, 2.45) is 0 Å². The Hall–Kier alpha value is -1.29. The topological polar surface area (TPSA) is 39.4 Å². The maximum atomic E-state index is 10.7. The van der Waals surface area contributed by atoms with Crippen molar-refractivity contribution in [1.29, 1.82) is 0 Å². The Balaban J connectivity index is 2.65. The molecule has 0 saturated heterocycles. The van der Waals surface area contributed by atoms with Crippen molar-refractivity contribution < 1.29 is 18.4 Å². The first-order chi connectivity index (χ1) is 6.88. The van der Waals surface area contributed by atoms with E-state index in [0.717, 1.165) is 22.4 Å². The number of nitrogens with zero attached hydrogens (tertiary/aromatic N) is 1. The molecular formula is C11H18NO3+. The highest BCUT2D eigenvalue weighted by atomic mass is 16.5. The van der Waals surface area contributed by atoms with Crippen LogP contribution in [0, 0.1) is 0 Å². The molecule has 0 fully saturated rings. The summed E-state index contributed by atoms with van der Waals surface area (Å²) in [5.41, 5.74) is 0.943. The molecule has 0 radical (unpaired) electrons. The van der Waals surface area contributed by atoms with E-state index in [9.17, 15) is 4.79 Å². The van der Waals surface area contributed by atoms with E-state index in [1.165, 1.54) is 6.92 Å². The molecule has 1 heterocycles. The Morgan fingerprint density at radius 3 is 2.67 bits per heavy atom. The summed E-state index contributed by atoms with van der Waals surface area (Å²) in [6.45, 7) is 2.48. The molecule has 0 atom stereocenters. The van der Waals surface area contributed by atoms with Gasteiger partial charge in [0.15, 0.2) is 5.76 Å². The zero-order valence-corrected chi connectivity index (χ0v) is 9.74. The van der Waals surface area contributed by atoms with Gasteiger partial charge in [-0.3, -0.25) is 4.79 Å². The van der Waals surface area contributed by atoms with Crippen molar-refractivity contribution >= 4 is 5.97 Å². The van der Waals surface area contributed by atoms with E-state index >= 15 is 0 Å². The lowest BCUT2D eigenvalue weighted by atomic mass is 10.2. The molecule has 0 aliphatic heterocycles.